The van der Waals surface area contributed by atoms with Crippen molar-refractivity contribution in [3.05, 3.63) is 58.4 Å². The SMILES string of the molecule is CC1CN(Cc2cn(-c3ccc(F)c(Cl)c3)nn2)Cc2cn[nH]c21. The predicted octanol–water partition coefficient (Wildman–Crippen LogP) is 2.90. The Morgan fingerprint density at radius 2 is 2.29 bits per heavy atom. The Balaban J connectivity index is 1.51. The van der Waals surface area contributed by atoms with E-state index in [4.69, 9.17) is 11.6 Å². The van der Waals surface area contributed by atoms with E-state index in [1.165, 1.54) is 23.4 Å². The highest BCUT2D eigenvalue weighted by Crippen LogP contribution is 2.26. The molecule has 0 saturated heterocycles. The van der Waals surface area contributed by atoms with Crippen LogP contribution in [0.2, 0.25) is 5.02 Å². The van der Waals surface area contributed by atoms with Crippen molar-refractivity contribution in [2.75, 3.05) is 6.54 Å². The summed E-state index contributed by atoms with van der Waals surface area (Å²) in [6.45, 7) is 4.65. The fourth-order valence-electron chi connectivity index (χ4n) is 3.13. The number of fused-ring (bicyclic) bond motifs is 1. The zero-order valence-corrected chi connectivity index (χ0v) is 13.8. The van der Waals surface area contributed by atoms with Gasteiger partial charge in [0.1, 0.15) is 5.82 Å². The lowest BCUT2D eigenvalue weighted by atomic mass is 9.98. The monoisotopic (exact) mass is 346 g/mol. The van der Waals surface area contributed by atoms with Crippen LogP contribution < -0.4 is 0 Å². The molecule has 1 unspecified atom stereocenters. The van der Waals surface area contributed by atoms with E-state index in [9.17, 15) is 4.39 Å². The first-order valence-electron chi connectivity index (χ1n) is 7.71. The van der Waals surface area contributed by atoms with Crippen molar-refractivity contribution in [3.8, 4) is 5.69 Å². The summed E-state index contributed by atoms with van der Waals surface area (Å²) in [5, 5.41) is 15.6. The molecule has 1 atom stereocenters. The number of nitrogens with zero attached hydrogens (tertiary/aromatic N) is 5. The minimum Gasteiger partial charge on any atom is -0.292 e. The standard InChI is InChI=1S/C16H16ClFN6/c1-10-6-23(7-11-5-19-21-16(10)11)8-12-9-24(22-20-12)13-2-3-15(18)14(17)4-13/h2-5,9-10H,6-8H2,1H3,(H,19,21). The van der Waals surface area contributed by atoms with Crippen molar-refractivity contribution in [3.63, 3.8) is 0 Å². The Kier molecular flexibility index (Phi) is 3.82. The highest BCUT2D eigenvalue weighted by molar-refractivity contribution is 6.30. The van der Waals surface area contributed by atoms with Crippen LogP contribution in [0.1, 0.15) is 29.8 Å². The number of benzene rings is 1. The molecule has 0 radical (unpaired) electrons. The molecule has 0 spiro atoms. The molecule has 2 aromatic heterocycles. The number of rotatable bonds is 3. The molecular weight excluding hydrogens is 331 g/mol. The normalized spacial score (nSPS) is 17.9. The number of aromatic amines is 1. The highest BCUT2D eigenvalue weighted by atomic mass is 35.5. The maximum atomic E-state index is 13.3. The van der Waals surface area contributed by atoms with Crippen LogP contribution in [-0.4, -0.2) is 36.6 Å². The van der Waals surface area contributed by atoms with Gasteiger partial charge in [-0.1, -0.05) is 23.7 Å². The van der Waals surface area contributed by atoms with Gasteiger partial charge in [-0.05, 0) is 18.2 Å². The summed E-state index contributed by atoms with van der Waals surface area (Å²) in [7, 11) is 0. The van der Waals surface area contributed by atoms with Crippen molar-refractivity contribution >= 4 is 11.6 Å². The maximum absolute atomic E-state index is 13.3. The lowest BCUT2D eigenvalue weighted by Gasteiger charge is -2.29. The first-order chi connectivity index (χ1) is 11.6. The zero-order chi connectivity index (χ0) is 16.7. The minimum absolute atomic E-state index is 0.0712. The van der Waals surface area contributed by atoms with E-state index in [1.54, 1.807) is 10.7 Å². The molecule has 0 aliphatic carbocycles. The molecule has 124 valence electrons. The molecule has 1 aromatic carbocycles. The molecule has 24 heavy (non-hydrogen) atoms. The van der Waals surface area contributed by atoms with E-state index < -0.39 is 5.82 Å². The fourth-order valence-corrected chi connectivity index (χ4v) is 3.31. The van der Waals surface area contributed by atoms with E-state index in [2.05, 4.69) is 32.3 Å². The molecule has 0 fully saturated rings. The smallest absolute Gasteiger partial charge is 0.141 e. The Morgan fingerprint density at radius 3 is 3.12 bits per heavy atom. The summed E-state index contributed by atoms with van der Waals surface area (Å²) in [6, 6.07) is 4.49. The van der Waals surface area contributed by atoms with Gasteiger partial charge in [0.05, 0.1) is 28.8 Å². The quantitative estimate of drug-likeness (QED) is 0.792. The first kappa shape index (κ1) is 15.3. The third kappa shape index (κ3) is 2.81. The molecule has 3 heterocycles. The van der Waals surface area contributed by atoms with Gasteiger partial charge in [0.15, 0.2) is 0 Å². The van der Waals surface area contributed by atoms with Gasteiger partial charge in [0, 0.05) is 36.8 Å². The topological polar surface area (TPSA) is 62.6 Å². The molecular formula is C16H16ClFN6. The number of hydrogen-bond donors (Lipinski definition) is 1. The van der Waals surface area contributed by atoms with Crippen LogP contribution in [0.5, 0.6) is 0 Å². The Labute approximate surface area is 143 Å². The van der Waals surface area contributed by atoms with Crippen molar-refractivity contribution < 1.29 is 4.39 Å². The molecule has 1 aliphatic rings. The molecule has 4 rings (SSSR count). The van der Waals surface area contributed by atoms with Crippen molar-refractivity contribution in [1.82, 2.24) is 30.1 Å². The highest BCUT2D eigenvalue weighted by Gasteiger charge is 2.24. The second-order valence-corrected chi connectivity index (χ2v) is 6.54. The molecule has 8 heteroatoms. The van der Waals surface area contributed by atoms with E-state index >= 15 is 0 Å². The summed E-state index contributed by atoms with van der Waals surface area (Å²) in [5.74, 6) is -0.0406. The van der Waals surface area contributed by atoms with Crippen molar-refractivity contribution in [1.29, 1.82) is 0 Å². The average molecular weight is 347 g/mol. The molecule has 3 aromatic rings. The van der Waals surface area contributed by atoms with E-state index in [0.717, 1.165) is 18.8 Å². The molecule has 0 amide bonds. The van der Waals surface area contributed by atoms with Gasteiger partial charge >= 0.3 is 0 Å². The van der Waals surface area contributed by atoms with Crippen LogP contribution in [0.25, 0.3) is 5.69 Å². The molecule has 0 saturated carbocycles. The Bertz CT molecular complexity index is 873. The average Bonchev–Trinajstić information content (AvgIpc) is 3.19. The van der Waals surface area contributed by atoms with Crippen LogP contribution >= 0.6 is 11.6 Å². The van der Waals surface area contributed by atoms with E-state index in [-0.39, 0.29) is 5.02 Å². The lowest BCUT2D eigenvalue weighted by molar-refractivity contribution is 0.223. The molecule has 0 bridgehead atoms. The summed E-state index contributed by atoms with van der Waals surface area (Å²) in [6.07, 6.45) is 3.73. The van der Waals surface area contributed by atoms with Crippen LogP contribution in [0.4, 0.5) is 4.39 Å². The maximum Gasteiger partial charge on any atom is 0.141 e. The Morgan fingerprint density at radius 1 is 1.42 bits per heavy atom. The number of H-pyrrole nitrogens is 1. The van der Waals surface area contributed by atoms with Gasteiger partial charge in [-0.2, -0.15) is 5.10 Å². The van der Waals surface area contributed by atoms with Crippen molar-refractivity contribution in [2.24, 2.45) is 0 Å². The third-order valence-corrected chi connectivity index (χ3v) is 4.55. The Hall–Kier alpha value is -2.25. The number of aromatic nitrogens is 5. The van der Waals surface area contributed by atoms with Gasteiger partial charge in [0.2, 0.25) is 0 Å². The molecule has 1 N–H and O–H groups in total. The van der Waals surface area contributed by atoms with E-state index in [0.29, 0.717) is 18.2 Å². The van der Waals surface area contributed by atoms with Crippen molar-refractivity contribution in [2.45, 2.75) is 25.9 Å². The number of nitrogens with one attached hydrogen (secondary N) is 1. The van der Waals surface area contributed by atoms with Gasteiger partial charge in [-0.3, -0.25) is 10.00 Å². The largest absolute Gasteiger partial charge is 0.292 e. The van der Waals surface area contributed by atoms with Gasteiger partial charge in [-0.15, -0.1) is 5.10 Å². The summed E-state index contributed by atoms with van der Waals surface area (Å²) in [5.41, 5.74) is 3.99. The number of hydrogen-bond acceptors (Lipinski definition) is 4. The number of halogens is 2. The fraction of sp³-hybridized carbons (Fsp3) is 0.312. The second-order valence-electron chi connectivity index (χ2n) is 6.13. The zero-order valence-electron chi connectivity index (χ0n) is 13.1. The van der Waals surface area contributed by atoms with Gasteiger partial charge in [-0.25, -0.2) is 9.07 Å². The molecule has 1 aliphatic heterocycles. The summed E-state index contributed by atoms with van der Waals surface area (Å²) in [4.78, 5) is 2.31. The predicted molar refractivity (Wildman–Crippen MR) is 87.4 cm³/mol. The third-order valence-electron chi connectivity index (χ3n) is 4.26. The molecule has 6 nitrogen and oxygen atoms in total. The van der Waals surface area contributed by atoms with Crippen LogP contribution in [0, 0.1) is 5.82 Å². The van der Waals surface area contributed by atoms with Crippen LogP contribution in [-0.2, 0) is 13.1 Å². The summed E-state index contributed by atoms with van der Waals surface area (Å²) < 4.78 is 14.9. The van der Waals surface area contributed by atoms with Crippen LogP contribution in [0.15, 0.2) is 30.6 Å². The lowest BCUT2D eigenvalue weighted by Crippen LogP contribution is -2.32. The van der Waals surface area contributed by atoms with Gasteiger partial charge in [0.25, 0.3) is 0 Å². The summed E-state index contributed by atoms with van der Waals surface area (Å²) >= 11 is 5.83. The second kappa shape index (κ2) is 5.99. The first-order valence-corrected chi connectivity index (χ1v) is 8.09. The van der Waals surface area contributed by atoms with Crippen LogP contribution in [0.3, 0.4) is 0 Å². The van der Waals surface area contributed by atoms with E-state index in [1.807, 2.05) is 12.4 Å². The van der Waals surface area contributed by atoms with Gasteiger partial charge < -0.3 is 0 Å². The minimum atomic E-state index is -0.445.